The molecule has 0 saturated carbocycles. The van der Waals surface area contributed by atoms with Crippen LogP contribution in [0.15, 0.2) is 289 Å². The molecule has 101 heavy (non-hydrogen) atoms. The van der Waals surface area contributed by atoms with Gasteiger partial charge in [0.1, 0.15) is 0 Å². The lowest BCUT2D eigenvalue weighted by Gasteiger charge is -2.42. The molecule has 9 aliphatic rings. The Balaban J connectivity index is 0.768. The van der Waals surface area contributed by atoms with Crippen molar-refractivity contribution in [2.45, 2.75) is 147 Å². The van der Waals surface area contributed by atoms with Gasteiger partial charge >= 0.3 is 0 Å². The number of fused-ring (bicyclic) bond motifs is 13. The van der Waals surface area contributed by atoms with E-state index in [4.69, 9.17) is 0 Å². The van der Waals surface area contributed by atoms with E-state index in [1.807, 2.05) is 0 Å². The van der Waals surface area contributed by atoms with Crippen LogP contribution in [0.1, 0.15) is 175 Å². The summed E-state index contributed by atoms with van der Waals surface area (Å²) in [4.78, 5) is 5.23. The summed E-state index contributed by atoms with van der Waals surface area (Å²) in [6, 6.07) is 81.8. The highest BCUT2D eigenvalue weighted by Crippen LogP contribution is 2.66. The summed E-state index contributed by atoms with van der Waals surface area (Å²) in [6.45, 7) is 27.9. The van der Waals surface area contributed by atoms with Gasteiger partial charge in [-0.2, -0.15) is 0 Å². The van der Waals surface area contributed by atoms with Crippen LogP contribution in [0.2, 0.25) is 0 Å². The molecule has 498 valence electrons. The minimum Gasteiger partial charge on any atom is -0.310 e. The molecule has 19 rings (SSSR count). The van der Waals surface area contributed by atoms with Crippen LogP contribution in [-0.2, 0) is 27.1 Å². The van der Waals surface area contributed by atoms with Crippen LogP contribution >= 0.6 is 0 Å². The van der Waals surface area contributed by atoms with E-state index in [0.717, 1.165) is 64.2 Å². The summed E-state index contributed by atoms with van der Waals surface area (Å²) >= 11 is 0. The summed E-state index contributed by atoms with van der Waals surface area (Å²) < 4.78 is 0. The standard InChI is InChI=1S/C99H92N2/c1-11-63-35-33-61-53-83(63)79-27-19-29-85-93(79)81-51-47-73(57-89(81)98(85,59-61)69-41-37-67(38-42-69)95(3,4)5)100(91-31-17-23-65-21-13-15-25-75(65)91)71-45-49-77-78-50-46-72(56-88(78)97(9,10)87(77)55-71)101(92-32-18-24-66-22-14-16-26-76(66)92)74-48-52-82-90(58-74)99(70-43-39-68(40-44-70)96(6,7)8)60-62-34-36-64(12-2)84(54-62)80-28-20-30-86(99)94(80)82/h11-18,21-28,31-32,37-58,63-64,83-84H,1-2,19-20,29-30,33-36,59-60H2,3-10H3/t63?,64?,83-,84+,98?,99?. The second kappa shape index (κ2) is 22.6. The van der Waals surface area contributed by atoms with E-state index in [9.17, 15) is 0 Å². The second-order valence-corrected chi connectivity index (χ2v) is 33.7. The Kier molecular flexibility index (Phi) is 13.9. The lowest BCUT2D eigenvalue weighted by atomic mass is 9.61. The van der Waals surface area contributed by atoms with E-state index in [1.54, 1.807) is 22.3 Å². The third-order valence-corrected chi connectivity index (χ3v) is 26.0. The molecule has 0 heterocycles. The first-order chi connectivity index (χ1) is 48.9. The quantitative estimate of drug-likeness (QED) is 0.126. The normalized spacial score (nSPS) is 23.2. The topological polar surface area (TPSA) is 6.48 Å². The number of nitrogens with zero attached hydrogens (tertiary/aromatic N) is 2. The third-order valence-electron chi connectivity index (χ3n) is 26.0. The largest absolute Gasteiger partial charge is 0.310 e. The molecule has 0 aliphatic heterocycles. The summed E-state index contributed by atoms with van der Waals surface area (Å²) in [5.74, 6) is 1.56. The zero-order chi connectivity index (χ0) is 68.6. The second-order valence-electron chi connectivity index (χ2n) is 33.7. The van der Waals surface area contributed by atoms with Crippen LogP contribution < -0.4 is 9.80 Å². The van der Waals surface area contributed by atoms with E-state index >= 15 is 0 Å². The number of rotatable bonds is 10. The molecule has 10 aromatic rings. The zero-order valence-electron chi connectivity index (χ0n) is 60.3. The molecule has 9 aliphatic carbocycles. The molecule has 0 N–H and O–H groups in total. The van der Waals surface area contributed by atoms with Gasteiger partial charge in [0.25, 0.3) is 0 Å². The first-order valence-corrected chi connectivity index (χ1v) is 37.8. The molecule has 12 bridgehead atoms. The maximum absolute atomic E-state index is 4.45. The van der Waals surface area contributed by atoms with Gasteiger partial charge in [0.05, 0.1) is 11.4 Å². The number of hydrogen-bond acceptors (Lipinski definition) is 2. The van der Waals surface area contributed by atoms with E-state index in [2.05, 4.69) is 321 Å². The number of anilines is 6. The lowest BCUT2D eigenvalue weighted by Crippen LogP contribution is -2.33. The van der Waals surface area contributed by atoms with Crippen LogP contribution in [-0.4, -0.2) is 0 Å². The average Bonchev–Trinajstić information content (AvgIpc) is 1.54. The van der Waals surface area contributed by atoms with Crippen molar-refractivity contribution in [1.29, 1.82) is 0 Å². The number of allylic oxidation sites excluding steroid dienone is 14. The minimum atomic E-state index is -0.365. The Labute approximate surface area is 599 Å². The molecule has 0 fully saturated rings. The van der Waals surface area contributed by atoms with Crippen molar-refractivity contribution >= 4 is 66.8 Å². The first-order valence-electron chi connectivity index (χ1n) is 37.8. The maximum Gasteiger partial charge on any atom is 0.0540 e. The van der Waals surface area contributed by atoms with E-state index in [1.165, 1.54) is 145 Å². The molecule has 0 radical (unpaired) electrons. The highest BCUT2D eigenvalue weighted by molar-refractivity contribution is 6.03. The van der Waals surface area contributed by atoms with Gasteiger partial charge in [0, 0.05) is 61.6 Å². The number of hydrogen-bond donors (Lipinski definition) is 0. The third kappa shape index (κ3) is 9.21. The van der Waals surface area contributed by atoms with Gasteiger partial charge in [-0.15, -0.1) is 13.2 Å². The average molecular weight is 1310 g/mol. The summed E-state index contributed by atoms with van der Waals surface area (Å²) in [5, 5.41) is 4.94. The molecule has 2 nitrogen and oxygen atoms in total. The van der Waals surface area contributed by atoms with Crippen LogP contribution in [0.3, 0.4) is 0 Å². The van der Waals surface area contributed by atoms with Crippen molar-refractivity contribution in [3.8, 4) is 11.1 Å². The Morgan fingerprint density at radius 1 is 0.406 bits per heavy atom. The smallest absolute Gasteiger partial charge is 0.0540 e. The molecule has 0 amide bonds. The zero-order valence-corrected chi connectivity index (χ0v) is 60.3. The molecule has 10 aromatic carbocycles. The Morgan fingerprint density at radius 3 is 1.18 bits per heavy atom. The van der Waals surface area contributed by atoms with Gasteiger partial charge in [0.15, 0.2) is 0 Å². The fraction of sp³-hybridized carbons (Fsp3) is 0.273. The van der Waals surface area contributed by atoms with E-state index in [0.29, 0.717) is 23.7 Å². The molecular weight excluding hydrogens is 1220 g/mol. The van der Waals surface area contributed by atoms with Crippen molar-refractivity contribution in [2.75, 3.05) is 9.80 Å². The molecule has 2 heteroatoms. The van der Waals surface area contributed by atoms with Gasteiger partial charge in [-0.3, -0.25) is 0 Å². The highest BCUT2D eigenvalue weighted by atomic mass is 15.2. The summed E-state index contributed by atoms with van der Waals surface area (Å²) in [7, 11) is 0. The van der Waals surface area contributed by atoms with Gasteiger partial charge in [-0.05, 0) is 259 Å². The predicted octanol–water partition coefficient (Wildman–Crippen LogP) is 26.5. The van der Waals surface area contributed by atoms with Crippen LogP contribution in [0.4, 0.5) is 34.1 Å². The number of benzene rings is 10. The molecular formula is C99H92N2. The monoisotopic (exact) mass is 1310 g/mol. The Bertz CT molecular complexity index is 5070. The fourth-order valence-electron chi connectivity index (χ4n) is 21.0. The molecule has 4 unspecified atom stereocenters. The maximum atomic E-state index is 4.45. The van der Waals surface area contributed by atoms with Crippen molar-refractivity contribution in [1.82, 2.24) is 0 Å². The van der Waals surface area contributed by atoms with Gasteiger partial charge in [-0.1, -0.05) is 249 Å². The Morgan fingerprint density at radius 2 is 0.782 bits per heavy atom. The SMILES string of the molecule is C=CC1CCC2=C[C@@H]1C1=CCCC3=C1c1ccc(N(c4ccc5c(c4)C(C)(C)c4cc(N(c6ccc7c(c6)C6(c8ccc(C(C)(C)C)cc8)CC8=C[C@@H](C9=CCCC6=C97)C(C=C)CC8)c6cccc7ccccc67)ccc4-5)c4cccc5ccccc45)cc1C3(c1ccc(C(C)(C)C)cc1)C2. The summed E-state index contributed by atoms with van der Waals surface area (Å²) in [6.07, 6.45) is 25.9. The van der Waals surface area contributed by atoms with Crippen LogP contribution in [0.5, 0.6) is 0 Å². The predicted molar refractivity (Wildman–Crippen MR) is 427 cm³/mol. The van der Waals surface area contributed by atoms with Gasteiger partial charge in [0.2, 0.25) is 0 Å². The van der Waals surface area contributed by atoms with Crippen LogP contribution in [0.25, 0.3) is 43.8 Å². The van der Waals surface area contributed by atoms with Gasteiger partial charge < -0.3 is 9.80 Å². The molecule has 6 atom stereocenters. The fourth-order valence-corrected chi connectivity index (χ4v) is 21.0. The molecule has 0 aromatic heterocycles. The van der Waals surface area contributed by atoms with E-state index in [-0.39, 0.29) is 27.1 Å². The lowest BCUT2D eigenvalue weighted by molar-refractivity contribution is 0.442. The molecule has 0 spiro atoms. The minimum absolute atomic E-state index is 0.0456. The Hall–Kier alpha value is -9.76. The highest BCUT2D eigenvalue weighted by Gasteiger charge is 2.53. The van der Waals surface area contributed by atoms with Crippen molar-refractivity contribution in [3.05, 3.63) is 345 Å². The van der Waals surface area contributed by atoms with Crippen LogP contribution in [0, 0.1) is 23.7 Å². The molecule has 0 saturated heterocycles. The van der Waals surface area contributed by atoms with Gasteiger partial charge in [-0.25, -0.2) is 0 Å². The summed E-state index contributed by atoms with van der Waals surface area (Å²) in [5.41, 5.74) is 35.3. The van der Waals surface area contributed by atoms with Crippen molar-refractivity contribution in [3.63, 3.8) is 0 Å². The van der Waals surface area contributed by atoms with Crippen molar-refractivity contribution < 1.29 is 0 Å². The van der Waals surface area contributed by atoms with E-state index < -0.39 is 0 Å². The van der Waals surface area contributed by atoms with Crippen molar-refractivity contribution in [2.24, 2.45) is 23.7 Å². The first kappa shape index (κ1) is 62.3.